The van der Waals surface area contributed by atoms with Crippen molar-refractivity contribution in [2.75, 3.05) is 0 Å². The Labute approximate surface area is 129 Å². The number of aliphatic imine (C=N–C) groups is 1. The molecule has 112 valence electrons. The molecule has 0 saturated heterocycles. The summed E-state index contributed by atoms with van der Waals surface area (Å²) in [5.74, 6) is 0.724. The molecule has 1 amide bonds. The Morgan fingerprint density at radius 1 is 1.43 bits per heavy atom. The molecule has 6 heteroatoms. The van der Waals surface area contributed by atoms with Crippen LogP contribution in [0.25, 0.3) is 0 Å². The molecule has 1 aromatic heterocycles. The lowest BCUT2D eigenvalue weighted by molar-refractivity contribution is -0.131. The highest BCUT2D eigenvalue weighted by molar-refractivity contribution is 6.30. The van der Waals surface area contributed by atoms with Gasteiger partial charge in [-0.1, -0.05) is 11.6 Å². The van der Waals surface area contributed by atoms with Crippen LogP contribution in [0, 0.1) is 5.92 Å². The molecule has 2 aliphatic rings. The van der Waals surface area contributed by atoms with Gasteiger partial charge in [0.05, 0.1) is 23.0 Å². The minimum atomic E-state index is -0.432. The highest BCUT2D eigenvalue weighted by Crippen LogP contribution is 2.46. The fraction of sp³-hybridized carbons (Fsp3) is 0.533. The van der Waals surface area contributed by atoms with Crippen molar-refractivity contribution in [2.24, 2.45) is 16.6 Å². The topological polar surface area (TPSA) is 71.6 Å². The molecule has 0 spiro atoms. The standard InChI is InChI=1S/C15H19ClN4O/c1-15(2)6-12(21)20(14(17)19-15)13(9-3-4-9)10-5-11(16)8-18-7-10/h5,7-9,13H,3-4,6H2,1-2H3,(H2,17,19). The number of rotatable bonds is 3. The Morgan fingerprint density at radius 2 is 2.14 bits per heavy atom. The third kappa shape index (κ3) is 2.88. The van der Waals surface area contributed by atoms with Gasteiger partial charge in [-0.2, -0.15) is 0 Å². The van der Waals surface area contributed by atoms with Crippen LogP contribution in [-0.2, 0) is 4.79 Å². The van der Waals surface area contributed by atoms with Gasteiger partial charge in [-0.25, -0.2) is 4.99 Å². The van der Waals surface area contributed by atoms with Crippen LogP contribution in [0.4, 0.5) is 0 Å². The quantitative estimate of drug-likeness (QED) is 0.932. The second-order valence-electron chi connectivity index (χ2n) is 6.44. The van der Waals surface area contributed by atoms with Gasteiger partial charge in [0.1, 0.15) is 0 Å². The molecule has 0 bridgehead atoms. The van der Waals surface area contributed by atoms with E-state index in [1.54, 1.807) is 17.3 Å². The molecule has 1 fully saturated rings. The molecule has 2 heterocycles. The first-order chi connectivity index (χ1) is 9.87. The minimum Gasteiger partial charge on any atom is -0.369 e. The van der Waals surface area contributed by atoms with E-state index < -0.39 is 5.54 Å². The van der Waals surface area contributed by atoms with Crippen molar-refractivity contribution in [3.63, 3.8) is 0 Å². The normalized spacial score (nSPS) is 22.9. The molecule has 21 heavy (non-hydrogen) atoms. The van der Waals surface area contributed by atoms with Gasteiger partial charge < -0.3 is 5.73 Å². The molecule has 1 atom stereocenters. The van der Waals surface area contributed by atoms with Crippen LogP contribution < -0.4 is 5.73 Å². The Bertz CT molecular complexity index is 609. The van der Waals surface area contributed by atoms with Crippen LogP contribution in [-0.4, -0.2) is 27.3 Å². The largest absolute Gasteiger partial charge is 0.369 e. The number of halogens is 1. The zero-order valence-electron chi connectivity index (χ0n) is 12.2. The lowest BCUT2D eigenvalue weighted by Gasteiger charge is -2.38. The summed E-state index contributed by atoms with van der Waals surface area (Å²) in [7, 11) is 0. The van der Waals surface area contributed by atoms with Crippen molar-refractivity contribution in [1.29, 1.82) is 0 Å². The number of carbonyl (C=O) groups is 1. The maximum atomic E-state index is 12.6. The summed E-state index contributed by atoms with van der Waals surface area (Å²) in [5.41, 5.74) is 6.58. The maximum Gasteiger partial charge on any atom is 0.232 e. The Hall–Kier alpha value is -1.62. The molecule has 1 aliphatic carbocycles. The molecule has 0 aromatic carbocycles. The predicted molar refractivity (Wildman–Crippen MR) is 81.9 cm³/mol. The average molecular weight is 307 g/mol. The monoisotopic (exact) mass is 306 g/mol. The van der Waals surface area contributed by atoms with E-state index in [-0.39, 0.29) is 11.9 Å². The second-order valence-corrected chi connectivity index (χ2v) is 6.88. The lowest BCUT2D eigenvalue weighted by Crippen LogP contribution is -2.51. The van der Waals surface area contributed by atoms with Crippen LogP contribution >= 0.6 is 11.6 Å². The van der Waals surface area contributed by atoms with E-state index in [0.29, 0.717) is 23.3 Å². The Kier molecular flexibility index (Phi) is 3.40. The van der Waals surface area contributed by atoms with Crippen LogP contribution in [0.1, 0.15) is 44.7 Å². The van der Waals surface area contributed by atoms with E-state index in [1.807, 2.05) is 19.9 Å². The molecule has 2 N–H and O–H groups in total. The van der Waals surface area contributed by atoms with Crippen molar-refractivity contribution in [3.8, 4) is 0 Å². The molecule has 5 nitrogen and oxygen atoms in total. The first-order valence-corrected chi connectivity index (χ1v) is 7.53. The molecule has 1 unspecified atom stereocenters. The number of hydrogen-bond donors (Lipinski definition) is 1. The molecular formula is C15H19ClN4O. The maximum absolute atomic E-state index is 12.6. The van der Waals surface area contributed by atoms with Crippen molar-refractivity contribution in [3.05, 3.63) is 29.0 Å². The van der Waals surface area contributed by atoms with Crippen molar-refractivity contribution in [2.45, 2.75) is 44.7 Å². The summed E-state index contributed by atoms with van der Waals surface area (Å²) in [6, 6.07) is 1.75. The molecule has 1 aromatic rings. The number of aromatic nitrogens is 1. The molecular weight excluding hydrogens is 288 g/mol. The SMILES string of the molecule is CC1(C)CC(=O)N(C(c2cncc(Cl)c2)C2CC2)C(N)=N1. The summed E-state index contributed by atoms with van der Waals surface area (Å²) in [4.78, 5) is 22.8. The highest BCUT2D eigenvalue weighted by atomic mass is 35.5. The van der Waals surface area contributed by atoms with Crippen molar-refractivity contribution < 1.29 is 4.79 Å². The van der Waals surface area contributed by atoms with Gasteiger partial charge in [-0.3, -0.25) is 14.7 Å². The first-order valence-electron chi connectivity index (χ1n) is 7.15. The molecule has 3 rings (SSSR count). The number of carbonyl (C=O) groups excluding carboxylic acids is 1. The zero-order valence-corrected chi connectivity index (χ0v) is 13.0. The smallest absolute Gasteiger partial charge is 0.232 e. The minimum absolute atomic E-state index is 0.0179. The molecule has 1 aliphatic heterocycles. The Morgan fingerprint density at radius 3 is 2.71 bits per heavy atom. The molecule has 0 radical (unpaired) electrons. The van der Waals surface area contributed by atoms with Crippen LogP contribution in [0.3, 0.4) is 0 Å². The number of hydrogen-bond acceptors (Lipinski definition) is 4. The van der Waals surface area contributed by atoms with Gasteiger partial charge in [-0.05, 0) is 44.2 Å². The van der Waals surface area contributed by atoms with Gasteiger partial charge in [0.15, 0.2) is 5.96 Å². The number of nitrogens with two attached hydrogens (primary N) is 1. The predicted octanol–water partition coefficient (Wildman–Crippen LogP) is 2.51. The summed E-state index contributed by atoms with van der Waals surface area (Å²) in [6.07, 6.45) is 5.88. The first kappa shape index (κ1) is 14.3. The number of amides is 1. The van der Waals surface area contributed by atoms with E-state index in [4.69, 9.17) is 17.3 Å². The average Bonchev–Trinajstić information content (AvgIpc) is 3.16. The van der Waals surface area contributed by atoms with Crippen LogP contribution in [0.15, 0.2) is 23.5 Å². The fourth-order valence-electron chi connectivity index (χ4n) is 2.92. The lowest BCUT2D eigenvalue weighted by atomic mass is 9.95. The van der Waals surface area contributed by atoms with E-state index >= 15 is 0 Å². The van der Waals surface area contributed by atoms with Gasteiger partial charge in [0.2, 0.25) is 5.91 Å². The highest BCUT2D eigenvalue weighted by Gasteiger charge is 2.43. The third-order valence-corrected chi connectivity index (χ3v) is 4.14. The van der Waals surface area contributed by atoms with Gasteiger partial charge in [0.25, 0.3) is 0 Å². The fourth-order valence-corrected chi connectivity index (χ4v) is 3.10. The number of pyridine rings is 1. The summed E-state index contributed by atoms with van der Waals surface area (Å²) in [5, 5.41) is 0.568. The third-order valence-electron chi connectivity index (χ3n) is 3.93. The molecule has 1 saturated carbocycles. The van der Waals surface area contributed by atoms with E-state index in [0.717, 1.165) is 18.4 Å². The van der Waals surface area contributed by atoms with E-state index in [2.05, 4.69) is 9.98 Å². The number of nitrogens with zero attached hydrogens (tertiary/aromatic N) is 3. The summed E-state index contributed by atoms with van der Waals surface area (Å²) < 4.78 is 0. The van der Waals surface area contributed by atoms with Gasteiger partial charge in [0, 0.05) is 12.4 Å². The number of guanidine groups is 1. The summed E-state index contributed by atoms with van der Waals surface area (Å²) in [6.45, 7) is 3.84. The Balaban J connectivity index is 2.00. The van der Waals surface area contributed by atoms with Crippen molar-refractivity contribution in [1.82, 2.24) is 9.88 Å². The van der Waals surface area contributed by atoms with Crippen LogP contribution in [0.2, 0.25) is 5.02 Å². The van der Waals surface area contributed by atoms with Gasteiger partial charge in [-0.15, -0.1) is 0 Å². The van der Waals surface area contributed by atoms with Gasteiger partial charge >= 0.3 is 0 Å². The second kappa shape index (κ2) is 4.98. The van der Waals surface area contributed by atoms with E-state index in [9.17, 15) is 4.79 Å². The van der Waals surface area contributed by atoms with Crippen LogP contribution in [0.5, 0.6) is 0 Å². The van der Waals surface area contributed by atoms with E-state index in [1.165, 1.54) is 0 Å². The zero-order chi connectivity index (χ0) is 15.2. The van der Waals surface area contributed by atoms with Crippen molar-refractivity contribution >= 4 is 23.5 Å². The summed E-state index contributed by atoms with van der Waals surface area (Å²) >= 11 is 6.04.